The van der Waals surface area contributed by atoms with Gasteiger partial charge in [0, 0.05) is 6.54 Å². The summed E-state index contributed by atoms with van der Waals surface area (Å²) in [4.78, 5) is 22.8. The van der Waals surface area contributed by atoms with Crippen LogP contribution in [-0.2, 0) is 9.53 Å². The summed E-state index contributed by atoms with van der Waals surface area (Å²) >= 11 is 3.12. The average molecular weight is 346 g/mol. The number of benzene rings is 1. The highest BCUT2D eigenvalue weighted by molar-refractivity contribution is 9.10. The van der Waals surface area contributed by atoms with Crippen molar-refractivity contribution in [2.24, 2.45) is 0 Å². The zero-order valence-corrected chi connectivity index (χ0v) is 13.0. The lowest BCUT2D eigenvalue weighted by molar-refractivity contribution is -0.139. The molecule has 0 aromatic heterocycles. The lowest BCUT2D eigenvalue weighted by atomic mass is 10.1. The van der Waals surface area contributed by atoms with Crippen LogP contribution in [0.15, 0.2) is 18.2 Å². The maximum absolute atomic E-state index is 12.2. The molecule has 0 aliphatic carbocycles. The molecule has 0 aliphatic rings. The summed E-state index contributed by atoms with van der Waals surface area (Å²) in [6.45, 7) is 0.0900. The maximum Gasteiger partial charge on any atom is 0.321 e. The Morgan fingerprint density at radius 3 is 2.20 bits per heavy atom. The second kappa shape index (κ2) is 7.74. The highest BCUT2D eigenvalue weighted by Gasteiger charge is 2.21. The van der Waals surface area contributed by atoms with E-state index in [1.807, 2.05) is 0 Å². The number of esters is 1. The fourth-order valence-corrected chi connectivity index (χ4v) is 1.91. The number of methoxy groups -OCH3 is 3. The third-order valence-electron chi connectivity index (χ3n) is 2.55. The number of hydrogen-bond acceptors (Lipinski definition) is 5. The van der Waals surface area contributed by atoms with Crippen LogP contribution < -0.4 is 14.8 Å². The molecule has 0 bridgehead atoms. The number of halogens is 1. The van der Waals surface area contributed by atoms with Gasteiger partial charge >= 0.3 is 5.97 Å². The average Bonchev–Trinajstić information content (AvgIpc) is 2.50. The van der Waals surface area contributed by atoms with Gasteiger partial charge in [0.05, 0.1) is 21.3 Å². The molecule has 0 heterocycles. The predicted octanol–water partition coefficient (Wildman–Crippen LogP) is 1.37. The fourth-order valence-electron chi connectivity index (χ4n) is 1.56. The summed E-state index contributed by atoms with van der Waals surface area (Å²) in [6.07, 6.45) is 0. The Morgan fingerprint density at radius 1 is 1.20 bits per heavy atom. The second-order valence-electron chi connectivity index (χ2n) is 3.74. The van der Waals surface area contributed by atoms with Crippen molar-refractivity contribution in [1.82, 2.24) is 5.32 Å². The van der Waals surface area contributed by atoms with Crippen LogP contribution in [0, 0.1) is 0 Å². The molecule has 0 aliphatic heterocycles. The molecule has 1 N–H and O–H groups in total. The minimum absolute atomic E-state index is 0.0900. The normalized spacial score (nSPS) is 11.4. The number of rotatable bonds is 6. The molecule has 0 spiro atoms. The van der Waals surface area contributed by atoms with E-state index in [0.717, 1.165) is 0 Å². The van der Waals surface area contributed by atoms with Gasteiger partial charge in [-0.05, 0) is 12.1 Å². The summed E-state index contributed by atoms with van der Waals surface area (Å²) in [5, 5.41) is 2.62. The van der Waals surface area contributed by atoms with Crippen molar-refractivity contribution in [2.45, 2.75) is 4.83 Å². The SMILES string of the molecule is COC(=O)C(Br)CNC(=O)c1c(OC)cccc1OC. The highest BCUT2D eigenvalue weighted by atomic mass is 79.9. The van der Waals surface area contributed by atoms with E-state index in [9.17, 15) is 9.59 Å². The number of hydrogen-bond donors (Lipinski definition) is 1. The van der Waals surface area contributed by atoms with Crippen LogP contribution in [0.2, 0.25) is 0 Å². The van der Waals surface area contributed by atoms with Gasteiger partial charge in [-0.1, -0.05) is 22.0 Å². The van der Waals surface area contributed by atoms with Gasteiger partial charge in [-0.15, -0.1) is 0 Å². The Balaban J connectivity index is 2.84. The van der Waals surface area contributed by atoms with Crippen molar-refractivity contribution in [2.75, 3.05) is 27.9 Å². The first kappa shape index (κ1) is 16.3. The monoisotopic (exact) mass is 345 g/mol. The first-order valence-corrected chi connectivity index (χ1v) is 6.67. The predicted molar refractivity (Wildman–Crippen MR) is 76.6 cm³/mol. The Kier molecular flexibility index (Phi) is 6.30. The van der Waals surface area contributed by atoms with E-state index < -0.39 is 16.7 Å². The summed E-state index contributed by atoms with van der Waals surface area (Å²) in [6, 6.07) is 5.03. The van der Waals surface area contributed by atoms with Gasteiger partial charge in [-0.25, -0.2) is 0 Å². The van der Waals surface area contributed by atoms with Gasteiger partial charge in [-0.3, -0.25) is 9.59 Å². The van der Waals surface area contributed by atoms with Crippen molar-refractivity contribution in [3.05, 3.63) is 23.8 Å². The first-order valence-electron chi connectivity index (χ1n) is 5.76. The molecule has 110 valence electrons. The zero-order chi connectivity index (χ0) is 15.1. The summed E-state index contributed by atoms with van der Waals surface area (Å²) in [7, 11) is 4.21. The van der Waals surface area contributed by atoms with E-state index in [1.165, 1.54) is 21.3 Å². The van der Waals surface area contributed by atoms with Crippen LogP contribution in [-0.4, -0.2) is 44.6 Å². The van der Waals surface area contributed by atoms with Crippen molar-refractivity contribution < 1.29 is 23.8 Å². The highest BCUT2D eigenvalue weighted by Crippen LogP contribution is 2.27. The van der Waals surface area contributed by atoms with Crippen LogP contribution in [0.3, 0.4) is 0 Å². The molecular formula is C13H16BrNO5. The second-order valence-corrected chi connectivity index (χ2v) is 4.84. The zero-order valence-electron chi connectivity index (χ0n) is 11.4. The summed E-state index contributed by atoms with van der Waals surface area (Å²) in [5.74, 6) is -0.0676. The topological polar surface area (TPSA) is 73.9 Å². The quantitative estimate of drug-likeness (QED) is 0.622. The molecule has 0 fully saturated rings. The summed E-state index contributed by atoms with van der Waals surface area (Å²) < 4.78 is 14.8. The van der Waals surface area contributed by atoms with Gasteiger partial charge in [0.1, 0.15) is 21.9 Å². The molecule has 7 heteroatoms. The van der Waals surface area contributed by atoms with E-state index in [0.29, 0.717) is 11.5 Å². The molecule has 20 heavy (non-hydrogen) atoms. The smallest absolute Gasteiger partial charge is 0.321 e. The Labute approximate surface area is 125 Å². The molecule has 1 amide bonds. The van der Waals surface area contributed by atoms with Crippen molar-refractivity contribution in [3.63, 3.8) is 0 Å². The minimum Gasteiger partial charge on any atom is -0.496 e. The Morgan fingerprint density at radius 2 is 1.75 bits per heavy atom. The van der Waals surface area contributed by atoms with E-state index in [4.69, 9.17) is 9.47 Å². The fraction of sp³-hybridized carbons (Fsp3) is 0.385. The molecule has 1 aromatic carbocycles. The third kappa shape index (κ3) is 3.86. The van der Waals surface area contributed by atoms with E-state index >= 15 is 0 Å². The number of nitrogens with one attached hydrogen (secondary N) is 1. The molecule has 6 nitrogen and oxygen atoms in total. The van der Waals surface area contributed by atoms with Gasteiger partial charge in [0.15, 0.2) is 0 Å². The molecule has 1 rings (SSSR count). The van der Waals surface area contributed by atoms with Crippen molar-refractivity contribution in [1.29, 1.82) is 0 Å². The van der Waals surface area contributed by atoms with Gasteiger partial charge in [0.2, 0.25) is 0 Å². The summed E-state index contributed by atoms with van der Waals surface area (Å²) in [5.41, 5.74) is 0.280. The lowest BCUT2D eigenvalue weighted by Gasteiger charge is -2.14. The standard InChI is InChI=1S/C13H16BrNO5/c1-18-9-5-4-6-10(19-2)11(9)12(16)15-7-8(14)13(17)20-3/h4-6,8H,7H2,1-3H3,(H,15,16). The number of amides is 1. The molecule has 0 radical (unpaired) electrons. The van der Waals surface area contributed by atoms with Crippen LogP contribution in [0.25, 0.3) is 0 Å². The van der Waals surface area contributed by atoms with E-state index in [-0.39, 0.29) is 12.1 Å². The molecular weight excluding hydrogens is 330 g/mol. The van der Waals surface area contributed by atoms with E-state index in [1.54, 1.807) is 18.2 Å². The molecule has 1 unspecified atom stereocenters. The molecule has 1 atom stereocenters. The number of ether oxygens (including phenoxy) is 3. The van der Waals surface area contributed by atoms with Gasteiger partial charge in [0.25, 0.3) is 5.91 Å². The van der Waals surface area contributed by atoms with Crippen molar-refractivity contribution in [3.8, 4) is 11.5 Å². The van der Waals surface area contributed by atoms with Gasteiger partial charge in [-0.2, -0.15) is 0 Å². The number of alkyl halides is 1. The van der Waals surface area contributed by atoms with Crippen LogP contribution in [0.4, 0.5) is 0 Å². The molecule has 0 saturated heterocycles. The Hall–Kier alpha value is -1.76. The molecule has 0 saturated carbocycles. The third-order valence-corrected chi connectivity index (χ3v) is 3.25. The first-order chi connectivity index (χ1) is 9.54. The van der Waals surface area contributed by atoms with Crippen LogP contribution >= 0.6 is 15.9 Å². The minimum atomic E-state index is -0.614. The number of carbonyl (C=O) groups is 2. The largest absolute Gasteiger partial charge is 0.496 e. The van der Waals surface area contributed by atoms with E-state index in [2.05, 4.69) is 26.0 Å². The van der Waals surface area contributed by atoms with Crippen LogP contribution in [0.5, 0.6) is 11.5 Å². The maximum atomic E-state index is 12.2. The van der Waals surface area contributed by atoms with Crippen LogP contribution in [0.1, 0.15) is 10.4 Å². The Bertz CT molecular complexity index is 469. The number of carbonyl (C=O) groups excluding carboxylic acids is 2. The van der Waals surface area contributed by atoms with Gasteiger partial charge < -0.3 is 19.5 Å². The molecule has 1 aromatic rings. The lowest BCUT2D eigenvalue weighted by Crippen LogP contribution is -2.34. The van der Waals surface area contributed by atoms with Crippen molar-refractivity contribution >= 4 is 27.8 Å².